The quantitative estimate of drug-likeness (QED) is 0.873. The summed E-state index contributed by atoms with van der Waals surface area (Å²) in [5, 5.41) is 12.1. The predicted molar refractivity (Wildman–Crippen MR) is 76.5 cm³/mol. The summed E-state index contributed by atoms with van der Waals surface area (Å²) < 4.78 is 13.1. The zero-order valence-electron chi connectivity index (χ0n) is 11.2. The molecule has 0 aliphatic carbocycles. The monoisotopic (exact) mass is 273 g/mol. The van der Waals surface area contributed by atoms with E-state index in [-0.39, 0.29) is 5.56 Å². The second kappa shape index (κ2) is 6.19. The molecule has 0 heterocycles. The zero-order chi connectivity index (χ0) is 14.5. The maximum Gasteiger partial charge on any atom is 0.337 e. The number of hydrogen-bond donors (Lipinski definition) is 2. The van der Waals surface area contributed by atoms with Crippen LogP contribution in [0.5, 0.6) is 0 Å². The average molecular weight is 273 g/mol. The van der Waals surface area contributed by atoms with Gasteiger partial charge in [0.05, 0.1) is 5.56 Å². The lowest BCUT2D eigenvalue weighted by Crippen LogP contribution is -2.08. The summed E-state index contributed by atoms with van der Waals surface area (Å²) in [6, 6.07) is 11.7. The number of anilines is 1. The molecule has 0 amide bonds. The smallest absolute Gasteiger partial charge is 0.337 e. The van der Waals surface area contributed by atoms with Gasteiger partial charge < -0.3 is 10.4 Å². The Morgan fingerprint density at radius 1 is 1.20 bits per heavy atom. The molecule has 0 aliphatic rings. The van der Waals surface area contributed by atoms with E-state index in [1.807, 2.05) is 24.3 Å². The molecule has 0 atom stereocenters. The second-order valence-electron chi connectivity index (χ2n) is 4.47. The molecule has 0 spiro atoms. The van der Waals surface area contributed by atoms with Crippen molar-refractivity contribution in [3.63, 3.8) is 0 Å². The van der Waals surface area contributed by atoms with Crippen LogP contribution in [0.3, 0.4) is 0 Å². The van der Waals surface area contributed by atoms with E-state index in [9.17, 15) is 9.18 Å². The maximum absolute atomic E-state index is 13.1. The number of rotatable bonds is 5. The number of aromatic carboxylic acids is 1. The molecule has 4 heteroatoms. The van der Waals surface area contributed by atoms with Crippen LogP contribution in [0, 0.1) is 5.82 Å². The van der Waals surface area contributed by atoms with E-state index >= 15 is 0 Å². The molecule has 0 aliphatic heterocycles. The minimum atomic E-state index is -1.14. The average Bonchev–Trinajstić information content (AvgIpc) is 2.46. The van der Waals surface area contributed by atoms with Crippen molar-refractivity contribution < 1.29 is 14.3 Å². The molecule has 2 aromatic carbocycles. The van der Waals surface area contributed by atoms with Crippen molar-refractivity contribution in [1.29, 1.82) is 0 Å². The van der Waals surface area contributed by atoms with Gasteiger partial charge in [-0.3, -0.25) is 0 Å². The molecule has 20 heavy (non-hydrogen) atoms. The van der Waals surface area contributed by atoms with Gasteiger partial charge in [-0.05, 0) is 35.7 Å². The van der Waals surface area contributed by atoms with Gasteiger partial charge >= 0.3 is 5.97 Å². The van der Waals surface area contributed by atoms with Crippen molar-refractivity contribution in [3.05, 3.63) is 65.0 Å². The van der Waals surface area contributed by atoms with Gasteiger partial charge in [-0.25, -0.2) is 9.18 Å². The number of hydrogen-bond acceptors (Lipinski definition) is 2. The molecule has 0 saturated heterocycles. The molecule has 2 rings (SSSR count). The molecular formula is C16H16FNO2. The summed E-state index contributed by atoms with van der Waals surface area (Å²) in [5.74, 6) is -1.70. The molecular weight excluding hydrogens is 257 g/mol. The highest BCUT2D eigenvalue weighted by atomic mass is 19.1. The summed E-state index contributed by atoms with van der Waals surface area (Å²) in [5.41, 5.74) is 2.68. The van der Waals surface area contributed by atoms with Crippen molar-refractivity contribution in [2.45, 2.75) is 19.9 Å². The maximum atomic E-state index is 13.1. The van der Waals surface area contributed by atoms with Gasteiger partial charge in [0.15, 0.2) is 0 Å². The molecule has 2 N–H and O–H groups in total. The Bertz CT molecular complexity index is 626. The third-order valence-electron chi connectivity index (χ3n) is 3.18. The normalized spacial score (nSPS) is 10.3. The molecule has 0 fully saturated rings. The number of halogens is 1. The van der Waals surface area contributed by atoms with Crippen LogP contribution in [0.2, 0.25) is 0 Å². The lowest BCUT2D eigenvalue weighted by atomic mass is 10.1. The van der Waals surface area contributed by atoms with E-state index in [0.29, 0.717) is 12.2 Å². The molecule has 0 unspecified atom stereocenters. The molecule has 0 saturated carbocycles. The first-order valence-electron chi connectivity index (χ1n) is 6.45. The molecule has 0 bridgehead atoms. The highest BCUT2D eigenvalue weighted by molar-refractivity contribution is 5.94. The van der Waals surface area contributed by atoms with E-state index in [1.54, 1.807) is 0 Å². The van der Waals surface area contributed by atoms with Crippen LogP contribution in [0.15, 0.2) is 42.5 Å². The van der Waals surface area contributed by atoms with Crippen molar-refractivity contribution in [3.8, 4) is 0 Å². The number of carboxylic acids is 1. The van der Waals surface area contributed by atoms with E-state index in [2.05, 4.69) is 12.2 Å². The summed E-state index contributed by atoms with van der Waals surface area (Å²) in [6.45, 7) is 2.58. The fourth-order valence-corrected chi connectivity index (χ4v) is 2.11. The van der Waals surface area contributed by atoms with Gasteiger partial charge in [0, 0.05) is 12.2 Å². The van der Waals surface area contributed by atoms with Gasteiger partial charge in [0.1, 0.15) is 5.82 Å². The Hall–Kier alpha value is -2.36. The highest BCUT2D eigenvalue weighted by Crippen LogP contribution is 2.19. The Kier molecular flexibility index (Phi) is 4.35. The summed E-state index contributed by atoms with van der Waals surface area (Å²) in [7, 11) is 0. The van der Waals surface area contributed by atoms with Gasteiger partial charge in [0.2, 0.25) is 0 Å². The van der Waals surface area contributed by atoms with Crippen molar-refractivity contribution >= 4 is 11.7 Å². The Morgan fingerprint density at radius 2 is 1.90 bits per heavy atom. The summed E-state index contributed by atoms with van der Waals surface area (Å²) in [6.07, 6.45) is 0.910. The van der Waals surface area contributed by atoms with Crippen molar-refractivity contribution in [2.24, 2.45) is 0 Å². The highest BCUT2D eigenvalue weighted by Gasteiger charge is 2.11. The Morgan fingerprint density at radius 3 is 2.55 bits per heavy atom. The van der Waals surface area contributed by atoms with Crippen LogP contribution in [0.1, 0.15) is 28.4 Å². The van der Waals surface area contributed by atoms with Crippen LogP contribution in [-0.2, 0) is 13.0 Å². The minimum absolute atomic E-state index is 0.0565. The third kappa shape index (κ3) is 3.15. The SMILES string of the molecule is CCc1ccccc1CNc1ccc(F)cc1C(=O)O. The van der Waals surface area contributed by atoms with Crippen LogP contribution in [-0.4, -0.2) is 11.1 Å². The molecule has 0 aromatic heterocycles. The minimum Gasteiger partial charge on any atom is -0.478 e. The number of aryl methyl sites for hydroxylation is 1. The third-order valence-corrected chi connectivity index (χ3v) is 3.18. The molecule has 3 nitrogen and oxygen atoms in total. The molecule has 2 aromatic rings. The number of carboxylic acid groups (broad SMARTS) is 1. The second-order valence-corrected chi connectivity index (χ2v) is 4.47. The van der Waals surface area contributed by atoms with E-state index in [4.69, 9.17) is 5.11 Å². The zero-order valence-corrected chi connectivity index (χ0v) is 11.2. The van der Waals surface area contributed by atoms with E-state index in [1.165, 1.54) is 17.7 Å². The van der Waals surface area contributed by atoms with Crippen molar-refractivity contribution in [2.75, 3.05) is 5.32 Å². The van der Waals surface area contributed by atoms with Gasteiger partial charge in [-0.15, -0.1) is 0 Å². The van der Waals surface area contributed by atoms with Gasteiger partial charge in [0.25, 0.3) is 0 Å². The van der Waals surface area contributed by atoms with Gasteiger partial charge in [-0.1, -0.05) is 31.2 Å². The van der Waals surface area contributed by atoms with Crippen LogP contribution < -0.4 is 5.32 Å². The topological polar surface area (TPSA) is 49.3 Å². The molecule has 104 valence electrons. The summed E-state index contributed by atoms with van der Waals surface area (Å²) in [4.78, 5) is 11.1. The first-order valence-corrected chi connectivity index (χ1v) is 6.45. The number of carbonyl (C=O) groups is 1. The van der Waals surface area contributed by atoms with Gasteiger partial charge in [-0.2, -0.15) is 0 Å². The summed E-state index contributed by atoms with van der Waals surface area (Å²) >= 11 is 0. The molecule has 0 radical (unpaired) electrons. The lowest BCUT2D eigenvalue weighted by molar-refractivity contribution is 0.0697. The fourth-order valence-electron chi connectivity index (χ4n) is 2.11. The lowest BCUT2D eigenvalue weighted by Gasteiger charge is -2.12. The van der Waals surface area contributed by atoms with Crippen LogP contribution in [0.25, 0.3) is 0 Å². The largest absolute Gasteiger partial charge is 0.478 e. The van der Waals surface area contributed by atoms with E-state index < -0.39 is 11.8 Å². The number of nitrogens with one attached hydrogen (secondary N) is 1. The first kappa shape index (κ1) is 14.1. The van der Waals surface area contributed by atoms with E-state index in [0.717, 1.165) is 18.1 Å². The van der Waals surface area contributed by atoms with Crippen LogP contribution in [0.4, 0.5) is 10.1 Å². The Labute approximate surface area is 117 Å². The number of benzene rings is 2. The Balaban J connectivity index is 2.21. The standard InChI is InChI=1S/C16H16FNO2/c1-2-11-5-3-4-6-12(11)10-18-15-8-7-13(17)9-14(15)16(19)20/h3-9,18H,2,10H2,1H3,(H,19,20). The van der Waals surface area contributed by atoms with Crippen LogP contribution >= 0.6 is 0 Å². The first-order chi connectivity index (χ1) is 9.61. The fraction of sp³-hybridized carbons (Fsp3) is 0.188. The predicted octanol–water partition coefficient (Wildman–Crippen LogP) is 3.70. The van der Waals surface area contributed by atoms with Crippen molar-refractivity contribution in [1.82, 2.24) is 0 Å².